The van der Waals surface area contributed by atoms with Crippen LogP contribution in [-0.2, 0) is 18.9 Å². The zero-order valence-corrected chi connectivity index (χ0v) is 35.7. The number of nitrogens with zero attached hydrogens (tertiary/aromatic N) is 3. The van der Waals surface area contributed by atoms with Crippen molar-refractivity contribution in [1.82, 2.24) is 26.3 Å². The van der Waals surface area contributed by atoms with E-state index < -0.39 is 70.9 Å². The van der Waals surface area contributed by atoms with E-state index in [-0.39, 0.29) is 0 Å². The number of hydrogen-bond acceptors (Lipinski definition) is 12. The van der Waals surface area contributed by atoms with Crippen LogP contribution in [0.3, 0.4) is 0 Å². The first kappa shape index (κ1) is 44.6. The van der Waals surface area contributed by atoms with Gasteiger partial charge in [-0.15, -0.1) is 0 Å². The summed E-state index contributed by atoms with van der Waals surface area (Å²) in [7, 11) is 0. The molecule has 2 saturated heterocycles. The number of amides is 4. The maximum atomic E-state index is 13.0. The summed E-state index contributed by atoms with van der Waals surface area (Å²) >= 11 is 0. The normalized spacial score (nSPS) is 20.4. The van der Waals surface area contributed by atoms with E-state index >= 15 is 0 Å². The van der Waals surface area contributed by atoms with E-state index in [4.69, 9.17) is 23.9 Å². The Morgan fingerprint density at radius 3 is 1.09 bits per heavy atom. The van der Waals surface area contributed by atoms with E-state index in [0.717, 1.165) is 11.4 Å². The summed E-state index contributed by atoms with van der Waals surface area (Å²) in [5.74, 6) is 1.13. The van der Waals surface area contributed by atoms with Crippen LogP contribution in [0.15, 0.2) is 42.5 Å². The molecule has 2 fully saturated rings. The van der Waals surface area contributed by atoms with Crippen molar-refractivity contribution in [1.29, 1.82) is 0 Å². The smallest absolute Gasteiger partial charge is 0.407 e. The average Bonchev–Trinajstić information content (AvgIpc) is 3.01. The molecule has 4 unspecified atom stereocenters. The van der Waals surface area contributed by atoms with Crippen molar-refractivity contribution >= 4 is 47.4 Å². The second-order valence-electron chi connectivity index (χ2n) is 18.7. The third kappa shape index (κ3) is 16.1. The Hall–Kier alpha value is -5.15. The van der Waals surface area contributed by atoms with Crippen molar-refractivity contribution in [2.75, 3.05) is 41.3 Å². The molecule has 4 amide bonds. The molecule has 316 valence electrons. The molecule has 2 aliphatic heterocycles. The molecule has 1 aromatic carbocycles. The molecule has 57 heavy (non-hydrogen) atoms. The number of alkyl carbamates (subject to hydrolysis) is 4. The number of carbonyl (C=O) groups is 4. The van der Waals surface area contributed by atoms with Gasteiger partial charge in [0.15, 0.2) is 0 Å². The summed E-state index contributed by atoms with van der Waals surface area (Å²) in [6.45, 7) is 23.0. The number of rotatable bonds is 8. The molecule has 16 nitrogen and oxygen atoms in total. The molecule has 0 radical (unpaired) electrons. The molecule has 4 rings (SSSR count). The fourth-order valence-electron chi connectivity index (χ4n) is 6.47. The number of carbonyl (C=O) groups excluding carboxylic acids is 4. The van der Waals surface area contributed by atoms with Crippen LogP contribution in [0.25, 0.3) is 0 Å². The molecule has 16 heteroatoms. The molecule has 0 saturated carbocycles. The molecule has 3 heterocycles. The Labute approximate surface area is 337 Å². The molecule has 0 bridgehead atoms. The Kier molecular flexibility index (Phi) is 14.1. The quantitative estimate of drug-likeness (QED) is 0.176. The SMILES string of the molecule is CC(C)(C)OC(=O)NC1CC(NC(=O)OC(C)(C)C)CN(c2cc(Nc3ccccc3)cc(N3CC(NC(=O)OC(C)(C)C)CC(NC(=O)OC(C)(C)C)C3)n2)C1. The van der Waals surface area contributed by atoms with Gasteiger partial charge in [0.2, 0.25) is 0 Å². The van der Waals surface area contributed by atoms with Crippen molar-refractivity contribution in [3.05, 3.63) is 42.5 Å². The van der Waals surface area contributed by atoms with Crippen molar-refractivity contribution in [3.63, 3.8) is 0 Å². The number of para-hydroxylation sites is 1. The van der Waals surface area contributed by atoms with Gasteiger partial charge in [-0.05, 0) is 108 Å². The highest BCUT2D eigenvalue weighted by Gasteiger charge is 2.35. The first-order valence-electron chi connectivity index (χ1n) is 19.6. The summed E-state index contributed by atoms with van der Waals surface area (Å²) in [6, 6.07) is 11.8. The van der Waals surface area contributed by atoms with Crippen LogP contribution in [0.5, 0.6) is 0 Å². The van der Waals surface area contributed by atoms with Gasteiger partial charge in [-0.3, -0.25) is 0 Å². The minimum Gasteiger partial charge on any atom is -0.444 e. The molecular weight excluding hydrogens is 732 g/mol. The molecule has 0 aliphatic carbocycles. The van der Waals surface area contributed by atoms with Crippen LogP contribution in [0.1, 0.15) is 95.9 Å². The maximum Gasteiger partial charge on any atom is 0.407 e. The summed E-state index contributed by atoms with van der Waals surface area (Å²) in [5, 5.41) is 15.4. The molecule has 5 N–H and O–H groups in total. The number of ether oxygens (including phenoxy) is 4. The van der Waals surface area contributed by atoms with E-state index in [9.17, 15) is 19.2 Å². The van der Waals surface area contributed by atoms with Crippen LogP contribution < -0.4 is 36.4 Å². The number of piperidine rings is 2. The number of hydrogen-bond donors (Lipinski definition) is 5. The summed E-state index contributed by atoms with van der Waals surface area (Å²) in [6.07, 6.45) is -1.44. The van der Waals surface area contributed by atoms with Crippen LogP contribution in [0.2, 0.25) is 0 Å². The highest BCUT2D eigenvalue weighted by molar-refractivity contribution is 5.72. The molecular formula is C41H64N8O8. The average molecular weight is 797 g/mol. The monoisotopic (exact) mass is 796 g/mol. The lowest BCUT2D eigenvalue weighted by molar-refractivity contribution is 0.0452. The van der Waals surface area contributed by atoms with Crippen LogP contribution in [-0.4, -0.2) is 102 Å². The number of aromatic nitrogens is 1. The maximum absolute atomic E-state index is 13.0. The van der Waals surface area contributed by atoms with Crippen LogP contribution >= 0.6 is 0 Å². The minimum absolute atomic E-state index is 0.360. The van der Waals surface area contributed by atoms with Gasteiger partial charge < -0.3 is 55.3 Å². The van der Waals surface area contributed by atoms with Crippen molar-refractivity contribution in [2.24, 2.45) is 0 Å². The Morgan fingerprint density at radius 2 is 0.807 bits per heavy atom. The number of anilines is 4. The van der Waals surface area contributed by atoms with E-state index in [1.54, 1.807) is 83.1 Å². The van der Waals surface area contributed by atoms with E-state index in [1.807, 2.05) is 52.3 Å². The molecule has 4 atom stereocenters. The predicted molar refractivity (Wildman–Crippen MR) is 220 cm³/mol. The van der Waals surface area contributed by atoms with E-state index in [0.29, 0.717) is 50.7 Å². The lowest BCUT2D eigenvalue weighted by Gasteiger charge is -2.41. The predicted octanol–water partition coefficient (Wildman–Crippen LogP) is 6.82. The van der Waals surface area contributed by atoms with Crippen molar-refractivity contribution in [3.8, 4) is 0 Å². The zero-order chi connectivity index (χ0) is 42.3. The second kappa shape index (κ2) is 18.0. The number of benzene rings is 1. The third-order valence-corrected chi connectivity index (χ3v) is 8.29. The van der Waals surface area contributed by atoms with Gasteiger partial charge in [0, 0.05) is 49.7 Å². The number of nitrogens with one attached hydrogen (secondary N) is 5. The Bertz CT molecular complexity index is 1520. The van der Waals surface area contributed by atoms with Crippen molar-refractivity contribution in [2.45, 2.75) is 142 Å². The van der Waals surface area contributed by atoms with Crippen molar-refractivity contribution < 1.29 is 38.1 Å². The third-order valence-electron chi connectivity index (χ3n) is 8.29. The van der Waals surface area contributed by atoms with Gasteiger partial charge in [-0.1, -0.05) is 18.2 Å². The summed E-state index contributed by atoms with van der Waals surface area (Å²) < 4.78 is 22.3. The fourth-order valence-corrected chi connectivity index (χ4v) is 6.47. The first-order chi connectivity index (χ1) is 26.3. The van der Waals surface area contributed by atoms with Gasteiger partial charge in [0.25, 0.3) is 0 Å². The van der Waals surface area contributed by atoms with Gasteiger partial charge >= 0.3 is 24.4 Å². The highest BCUT2D eigenvalue weighted by Crippen LogP contribution is 2.31. The van der Waals surface area contributed by atoms with Gasteiger partial charge in [-0.25, -0.2) is 24.2 Å². The second-order valence-corrected chi connectivity index (χ2v) is 18.7. The Balaban J connectivity index is 1.72. The largest absolute Gasteiger partial charge is 0.444 e. The van der Waals surface area contributed by atoms with Gasteiger partial charge in [0.05, 0.1) is 24.2 Å². The van der Waals surface area contributed by atoms with Crippen LogP contribution in [0, 0.1) is 0 Å². The fraction of sp³-hybridized carbons (Fsp3) is 0.634. The highest BCUT2D eigenvalue weighted by atomic mass is 16.6. The van der Waals surface area contributed by atoms with Gasteiger partial charge in [0.1, 0.15) is 34.0 Å². The van der Waals surface area contributed by atoms with E-state index in [1.165, 1.54) is 0 Å². The molecule has 1 aromatic heterocycles. The topological polar surface area (TPSA) is 185 Å². The lowest BCUT2D eigenvalue weighted by atomic mass is 10.00. The Morgan fingerprint density at radius 1 is 0.509 bits per heavy atom. The first-order valence-corrected chi connectivity index (χ1v) is 19.6. The minimum atomic E-state index is -0.707. The molecule has 2 aromatic rings. The zero-order valence-electron chi connectivity index (χ0n) is 35.7. The molecule has 0 spiro atoms. The number of pyridine rings is 1. The summed E-state index contributed by atoms with van der Waals surface area (Å²) in [5.41, 5.74) is -1.26. The van der Waals surface area contributed by atoms with E-state index in [2.05, 4.69) is 26.6 Å². The lowest BCUT2D eigenvalue weighted by Crippen LogP contribution is -2.58. The van der Waals surface area contributed by atoms with Crippen LogP contribution in [0.4, 0.5) is 42.2 Å². The standard InChI is InChI=1S/C41H64N8O8/c1-38(2,3)54-34(50)43-28-18-29(44-35(51)55-39(4,5)6)23-48(22-28)32-20-27(42-26-16-14-13-15-17-26)21-33(47-32)49-24-30(45-36(52)56-40(7,8)9)19-31(25-49)46-37(53)57-41(10,11)12/h13-17,20-21,28-31H,18-19,22-25H2,1-12H3,(H,42,47)(H,43,50)(H,44,51)(H,45,52)(H,46,53). The molecule has 2 aliphatic rings. The summed E-state index contributed by atoms with van der Waals surface area (Å²) in [4.78, 5) is 61.2. The van der Waals surface area contributed by atoms with Gasteiger partial charge in [-0.2, -0.15) is 0 Å².